The third kappa shape index (κ3) is 4.12. The second kappa shape index (κ2) is 6.31. The fraction of sp³-hybridized carbons (Fsp3) is 0.385. The molecule has 0 fully saturated rings. The van der Waals surface area contributed by atoms with Crippen molar-refractivity contribution in [1.82, 2.24) is 0 Å². The summed E-state index contributed by atoms with van der Waals surface area (Å²) in [5.74, 6) is 2.55. The molecular formula is C13H16O3S. The molecule has 3 nitrogen and oxygen atoms in total. The summed E-state index contributed by atoms with van der Waals surface area (Å²) in [6.45, 7) is 2.73. The molecule has 1 aromatic carbocycles. The number of ether oxygens (including phenoxy) is 1. The van der Waals surface area contributed by atoms with E-state index in [1.54, 1.807) is 12.1 Å². The van der Waals surface area contributed by atoms with E-state index < -0.39 is 9.84 Å². The Kier molecular flexibility index (Phi) is 5.05. The van der Waals surface area contributed by atoms with E-state index in [1.165, 1.54) is 12.1 Å². The van der Waals surface area contributed by atoms with Gasteiger partial charge < -0.3 is 4.74 Å². The van der Waals surface area contributed by atoms with Gasteiger partial charge in [-0.25, -0.2) is 8.42 Å². The molecule has 1 aromatic rings. The lowest BCUT2D eigenvalue weighted by molar-refractivity contribution is 0.309. The predicted molar refractivity (Wildman–Crippen MR) is 67.7 cm³/mol. The highest BCUT2D eigenvalue weighted by molar-refractivity contribution is 7.91. The van der Waals surface area contributed by atoms with Crippen molar-refractivity contribution in [1.29, 1.82) is 0 Å². The Balaban J connectivity index is 2.72. The van der Waals surface area contributed by atoms with Gasteiger partial charge in [-0.1, -0.05) is 19.3 Å². The molecule has 17 heavy (non-hydrogen) atoms. The first-order chi connectivity index (χ1) is 8.10. The van der Waals surface area contributed by atoms with Gasteiger partial charge in [-0.05, 0) is 30.7 Å². The van der Waals surface area contributed by atoms with Crippen LogP contribution in [0.2, 0.25) is 0 Å². The van der Waals surface area contributed by atoms with Crippen LogP contribution < -0.4 is 4.74 Å². The zero-order valence-corrected chi connectivity index (χ0v) is 10.7. The average Bonchev–Trinajstić information content (AvgIpc) is 2.30. The average molecular weight is 252 g/mol. The normalized spacial score (nSPS) is 10.8. The summed E-state index contributed by atoms with van der Waals surface area (Å²) in [5, 5.41) is 0. The summed E-state index contributed by atoms with van der Waals surface area (Å²) >= 11 is 0. The minimum Gasteiger partial charge on any atom is -0.494 e. The molecule has 0 heterocycles. The molecule has 0 bridgehead atoms. The maximum Gasteiger partial charge on any atom is 0.189 e. The third-order valence-electron chi connectivity index (χ3n) is 2.22. The van der Waals surface area contributed by atoms with Crippen molar-refractivity contribution < 1.29 is 13.2 Å². The number of rotatable bonds is 6. The van der Waals surface area contributed by atoms with Gasteiger partial charge in [0.25, 0.3) is 0 Å². The molecule has 0 N–H and O–H groups in total. The van der Waals surface area contributed by atoms with Crippen molar-refractivity contribution in [3.05, 3.63) is 24.3 Å². The highest BCUT2D eigenvalue weighted by Crippen LogP contribution is 2.17. The van der Waals surface area contributed by atoms with Gasteiger partial charge in [0.15, 0.2) is 9.84 Å². The third-order valence-corrected chi connectivity index (χ3v) is 3.76. The van der Waals surface area contributed by atoms with Crippen LogP contribution in [0.5, 0.6) is 5.75 Å². The minimum absolute atomic E-state index is 0.235. The Morgan fingerprint density at radius 1 is 1.29 bits per heavy atom. The fourth-order valence-corrected chi connectivity index (χ4v) is 2.21. The Labute approximate surface area is 103 Å². The second-order valence-corrected chi connectivity index (χ2v) is 5.63. The van der Waals surface area contributed by atoms with Gasteiger partial charge in [0.2, 0.25) is 0 Å². The molecule has 92 valence electrons. The number of hydrogen-bond acceptors (Lipinski definition) is 3. The summed E-state index contributed by atoms with van der Waals surface area (Å²) in [7, 11) is -3.34. The first kappa shape index (κ1) is 13.6. The van der Waals surface area contributed by atoms with E-state index >= 15 is 0 Å². The zero-order valence-electron chi connectivity index (χ0n) is 9.85. The van der Waals surface area contributed by atoms with Crippen LogP contribution in [0.3, 0.4) is 0 Å². The summed E-state index contributed by atoms with van der Waals surface area (Å²) in [5.41, 5.74) is 0. The SMILES string of the molecule is C#CCS(=O)(=O)c1ccc(OCCCC)cc1. The molecule has 1 rings (SSSR count). The molecule has 0 aliphatic heterocycles. The van der Waals surface area contributed by atoms with Crippen molar-refractivity contribution in [2.45, 2.75) is 24.7 Å². The van der Waals surface area contributed by atoms with Crippen LogP contribution in [0, 0.1) is 12.3 Å². The maximum absolute atomic E-state index is 11.6. The van der Waals surface area contributed by atoms with E-state index in [9.17, 15) is 8.42 Å². The van der Waals surface area contributed by atoms with Crippen molar-refractivity contribution >= 4 is 9.84 Å². The lowest BCUT2D eigenvalue weighted by atomic mass is 10.3. The Morgan fingerprint density at radius 3 is 2.47 bits per heavy atom. The number of benzene rings is 1. The molecule has 0 spiro atoms. The van der Waals surface area contributed by atoms with Gasteiger partial charge in [-0.2, -0.15) is 0 Å². The molecule has 0 aliphatic carbocycles. The molecule has 0 aromatic heterocycles. The number of unbranched alkanes of at least 4 members (excludes halogenated alkanes) is 1. The lowest BCUT2D eigenvalue weighted by Crippen LogP contribution is -2.05. The topological polar surface area (TPSA) is 43.4 Å². The quantitative estimate of drug-likeness (QED) is 0.576. The van der Waals surface area contributed by atoms with Crippen LogP contribution in [0.4, 0.5) is 0 Å². The van der Waals surface area contributed by atoms with Crippen LogP contribution in [0.25, 0.3) is 0 Å². The predicted octanol–water partition coefficient (Wildman–Crippen LogP) is 2.27. The smallest absolute Gasteiger partial charge is 0.189 e. The molecule has 0 radical (unpaired) electrons. The Morgan fingerprint density at radius 2 is 1.94 bits per heavy atom. The van der Waals surface area contributed by atoms with E-state index in [0.29, 0.717) is 12.4 Å². The zero-order chi connectivity index (χ0) is 12.7. The van der Waals surface area contributed by atoms with E-state index in [1.807, 2.05) is 0 Å². The van der Waals surface area contributed by atoms with Crippen LogP contribution in [0.1, 0.15) is 19.8 Å². The van der Waals surface area contributed by atoms with Gasteiger partial charge >= 0.3 is 0 Å². The minimum atomic E-state index is -3.34. The molecule has 0 unspecified atom stereocenters. The van der Waals surface area contributed by atoms with E-state index in [0.717, 1.165) is 12.8 Å². The Bertz CT molecular complexity index is 480. The summed E-state index contributed by atoms with van der Waals surface area (Å²) in [6, 6.07) is 6.35. The van der Waals surface area contributed by atoms with Crippen molar-refractivity contribution in [3.63, 3.8) is 0 Å². The van der Waals surface area contributed by atoms with Crippen LogP contribution in [-0.2, 0) is 9.84 Å². The highest BCUT2D eigenvalue weighted by atomic mass is 32.2. The van der Waals surface area contributed by atoms with Crippen LogP contribution in [-0.4, -0.2) is 20.8 Å². The van der Waals surface area contributed by atoms with Crippen molar-refractivity contribution in [2.24, 2.45) is 0 Å². The van der Waals surface area contributed by atoms with Crippen LogP contribution in [0.15, 0.2) is 29.2 Å². The fourth-order valence-electron chi connectivity index (χ4n) is 1.27. The van der Waals surface area contributed by atoms with E-state index in [2.05, 4.69) is 12.8 Å². The van der Waals surface area contributed by atoms with Gasteiger partial charge in [-0.15, -0.1) is 6.42 Å². The number of sulfone groups is 1. The van der Waals surface area contributed by atoms with Crippen molar-refractivity contribution in [3.8, 4) is 18.1 Å². The van der Waals surface area contributed by atoms with E-state index in [4.69, 9.17) is 11.2 Å². The second-order valence-electron chi connectivity index (χ2n) is 3.64. The Hall–Kier alpha value is -1.47. The molecule has 0 saturated heterocycles. The molecule has 0 amide bonds. The standard InChI is InChI=1S/C13H16O3S/c1-3-5-10-16-12-6-8-13(9-7-12)17(14,15)11-4-2/h2,6-9H,3,5,10-11H2,1H3. The molecule has 0 aliphatic rings. The largest absolute Gasteiger partial charge is 0.494 e. The number of terminal acetylenes is 1. The molecule has 0 saturated carbocycles. The van der Waals surface area contributed by atoms with E-state index in [-0.39, 0.29) is 10.6 Å². The number of hydrogen-bond donors (Lipinski definition) is 0. The van der Waals surface area contributed by atoms with Crippen molar-refractivity contribution in [2.75, 3.05) is 12.4 Å². The summed E-state index contributed by atoms with van der Waals surface area (Å²) in [4.78, 5) is 0.235. The summed E-state index contributed by atoms with van der Waals surface area (Å²) in [6.07, 6.45) is 7.06. The van der Waals surface area contributed by atoms with Crippen LogP contribution >= 0.6 is 0 Å². The lowest BCUT2D eigenvalue weighted by Gasteiger charge is -2.06. The highest BCUT2D eigenvalue weighted by Gasteiger charge is 2.12. The summed E-state index contributed by atoms with van der Waals surface area (Å²) < 4.78 is 28.7. The maximum atomic E-state index is 11.6. The monoisotopic (exact) mass is 252 g/mol. The molecular weight excluding hydrogens is 236 g/mol. The first-order valence-electron chi connectivity index (χ1n) is 5.49. The van der Waals surface area contributed by atoms with Gasteiger partial charge in [-0.3, -0.25) is 0 Å². The van der Waals surface area contributed by atoms with Gasteiger partial charge in [0.05, 0.1) is 11.5 Å². The van der Waals surface area contributed by atoms with Gasteiger partial charge in [0.1, 0.15) is 11.5 Å². The molecule has 4 heteroatoms. The molecule has 0 atom stereocenters. The first-order valence-corrected chi connectivity index (χ1v) is 7.14. The van der Waals surface area contributed by atoms with Gasteiger partial charge in [0, 0.05) is 0 Å².